The van der Waals surface area contributed by atoms with Crippen molar-refractivity contribution in [3.8, 4) is 23.0 Å². The Morgan fingerprint density at radius 3 is 2.17 bits per heavy atom. The van der Waals surface area contributed by atoms with Gasteiger partial charge in [-0.2, -0.15) is 18.2 Å². The maximum absolute atomic E-state index is 15.5. The number of imide groups is 2. The lowest BCUT2D eigenvalue weighted by atomic mass is 9.49. The lowest BCUT2D eigenvalue weighted by molar-refractivity contribution is -0.274. The van der Waals surface area contributed by atoms with Gasteiger partial charge in [-0.1, -0.05) is 71.3 Å². The number of rotatable bonds is 10. The molecule has 5 aromatic rings. The summed E-state index contributed by atoms with van der Waals surface area (Å²) in [4.78, 5) is 64.6. The van der Waals surface area contributed by atoms with Crippen LogP contribution in [0.5, 0.6) is 23.0 Å². The first-order chi connectivity index (χ1) is 32.7. The van der Waals surface area contributed by atoms with Crippen molar-refractivity contribution >= 4 is 70.5 Å². The van der Waals surface area contributed by atoms with E-state index in [2.05, 4.69) is 15.1 Å². The van der Waals surface area contributed by atoms with E-state index in [4.69, 9.17) is 32.7 Å². The standard InChI is InChI=1S/C49H36Cl2F6N4O8/c1-67-30-14-18-39(68-2)25(19-30)6-3-24-4-11-29(12-5-24)60-43(63)33-16-15-32-34(40(33)45(60)65)22-36-44(64)61(59-42-37(51)20-27(23-58-42)48(52,53)54)46(66)47(36,26-7-9-28(50)10-8-26)41(32)35-21-31(13-17-38(35)62)69-49(55,56)57/h3-15,17-21,23,33-34,36,40-41,62H,16,22H2,1-2H3,(H,58,59)/t33-,34+,36-,40-,41+,47+/m0/s1. The first kappa shape index (κ1) is 47.0. The predicted molar refractivity (Wildman–Crippen MR) is 239 cm³/mol. The van der Waals surface area contributed by atoms with Gasteiger partial charge in [0.1, 0.15) is 23.0 Å². The van der Waals surface area contributed by atoms with Crippen LogP contribution in [0.15, 0.2) is 109 Å². The van der Waals surface area contributed by atoms with Gasteiger partial charge in [-0.25, -0.2) is 4.98 Å². The third kappa shape index (κ3) is 8.18. The number of fused-ring (bicyclic) bond motifs is 4. The number of hydrazine groups is 1. The molecule has 2 saturated heterocycles. The van der Waals surface area contributed by atoms with Crippen molar-refractivity contribution < 1.29 is 64.8 Å². The molecule has 356 valence electrons. The first-order valence-corrected chi connectivity index (χ1v) is 21.8. The maximum Gasteiger partial charge on any atom is 0.573 e. The quantitative estimate of drug-likeness (QED) is 0.0600. The van der Waals surface area contributed by atoms with Gasteiger partial charge in [-0.05, 0) is 96.6 Å². The Morgan fingerprint density at radius 2 is 1.52 bits per heavy atom. The number of anilines is 2. The molecule has 4 aliphatic rings. The number of benzene rings is 4. The van der Waals surface area contributed by atoms with Crippen LogP contribution in [0.2, 0.25) is 10.0 Å². The molecule has 0 bridgehead atoms. The molecular formula is C49H36Cl2F6N4O8. The van der Waals surface area contributed by atoms with E-state index in [-0.39, 0.29) is 40.3 Å². The third-order valence-corrected chi connectivity index (χ3v) is 13.7. The second kappa shape index (κ2) is 17.5. The number of ether oxygens (including phenoxy) is 3. The Balaban J connectivity index is 1.14. The number of carbonyl (C=O) groups excluding carboxylic acids is 4. The highest BCUT2D eigenvalue weighted by Gasteiger charge is 2.71. The number of carbonyl (C=O) groups is 4. The number of hydrogen-bond acceptors (Lipinski definition) is 10. The minimum absolute atomic E-state index is 0.0900. The van der Waals surface area contributed by atoms with Gasteiger partial charge < -0.3 is 19.3 Å². The summed E-state index contributed by atoms with van der Waals surface area (Å²) in [6.45, 7) is 0. The molecule has 2 aliphatic heterocycles. The lowest BCUT2D eigenvalue weighted by Gasteiger charge is -2.50. The number of allylic oxidation sites excluding steroid dienone is 2. The van der Waals surface area contributed by atoms with Crippen LogP contribution in [0.3, 0.4) is 0 Å². The lowest BCUT2D eigenvalue weighted by Crippen LogP contribution is -2.53. The van der Waals surface area contributed by atoms with E-state index in [9.17, 15) is 41.0 Å². The molecule has 0 radical (unpaired) electrons. The van der Waals surface area contributed by atoms with Crippen LogP contribution in [0, 0.1) is 23.7 Å². The Kier molecular flexibility index (Phi) is 11.9. The fourth-order valence-electron chi connectivity index (χ4n) is 10.2. The van der Waals surface area contributed by atoms with Crippen LogP contribution >= 0.6 is 23.2 Å². The molecule has 2 N–H and O–H groups in total. The first-order valence-electron chi connectivity index (χ1n) is 21.1. The summed E-state index contributed by atoms with van der Waals surface area (Å²) in [5.41, 5.74) is 0.799. The molecule has 1 aromatic heterocycles. The maximum atomic E-state index is 15.5. The fourth-order valence-corrected chi connectivity index (χ4v) is 10.6. The van der Waals surface area contributed by atoms with Crippen molar-refractivity contribution in [3.63, 3.8) is 0 Å². The average Bonchev–Trinajstić information content (AvgIpc) is 3.69. The minimum atomic E-state index is -5.21. The summed E-state index contributed by atoms with van der Waals surface area (Å²) in [6, 6.07) is 20.7. The van der Waals surface area contributed by atoms with E-state index in [1.54, 1.807) is 60.7 Å². The second-order valence-electron chi connectivity index (χ2n) is 16.7. The van der Waals surface area contributed by atoms with E-state index < -0.39 is 99.1 Å². The van der Waals surface area contributed by atoms with Gasteiger partial charge in [0.2, 0.25) is 11.8 Å². The largest absolute Gasteiger partial charge is 0.573 e. The topological polar surface area (TPSA) is 148 Å². The molecule has 69 heavy (non-hydrogen) atoms. The van der Waals surface area contributed by atoms with E-state index >= 15 is 9.59 Å². The molecule has 1 saturated carbocycles. The van der Waals surface area contributed by atoms with Crippen LogP contribution in [-0.4, -0.2) is 59.3 Å². The summed E-state index contributed by atoms with van der Waals surface area (Å²) in [7, 11) is 3.07. The number of methoxy groups -OCH3 is 2. The highest BCUT2D eigenvalue weighted by atomic mass is 35.5. The van der Waals surface area contributed by atoms with Gasteiger partial charge in [-0.15, -0.1) is 13.2 Å². The molecule has 0 spiro atoms. The van der Waals surface area contributed by atoms with Crippen LogP contribution in [0.1, 0.15) is 46.6 Å². The smallest absolute Gasteiger partial charge is 0.508 e. The van der Waals surface area contributed by atoms with Gasteiger partial charge >= 0.3 is 12.5 Å². The number of nitrogens with zero attached hydrogens (tertiary/aromatic N) is 3. The van der Waals surface area contributed by atoms with Gasteiger partial charge in [0.15, 0.2) is 5.82 Å². The Morgan fingerprint density at radius 1 is 0.812 bits per heavy atom. The number of halogens is 8. The summed E-state index contributed by atoms with van der Waals surface area (Å²) in [6.07, 6.45) is -4.80. The van der Waals surface area contributed by atoms with Gasteiger partial charge in [0, 0.05) is 28.3 Å². The van der Waals surface area contributed by atoms with Crippen LogP contribution in [0.4, 0.5) is 37.8 Å². The molecule has 3 heterocycles. The van der Waals surface area contributed by atoms with Gasteiger partial charge in [0.25, 0.3) is 11.8 Å². The zero-order chi connectivity index (χ0) is 49.3. The van der Waals surface area contributed by atoms with Crippen molar-refractivity contribution in [1.29, 1.82) is 0 Å². The third-order valence-electron chi connectivity index (χ3n) is 13.1. The summed E-state index contributed by atoms with van der Waals surface area (Å²) in [5, 5.41) is 11.7. The Hall–Kier alpha value is -7.05. The number of alkyl halides is 6. The zero-order valence-electron chi connectivity index (χ0n) is 35.9. The molecular weight excluding hydrogens is 957 g/mol. The van der Waals surface area contributed by atoms with Crippen LogP contribution in [0.25, 0.3) is 12.2 Å². The SMILES string of the molecule is COc1ccc(OC)c(C=Cc2ccc(N3C(=O)[C@H]4[C@H](CC=C5[C@H]4C[C@H]4C(=O)N(Nc6ncc(C(F)(F)F)cc6Cl)C(=O)[C@@]4(c4ccc(Cl)cc4)[C@H]5c4cc(OC(F)(F)F)ccc4O)C3=O)cc2)c1. The van der Waals surface area contributed by atoms with Crippen molar-refractivity contribution in [2.45, 2.75) is 36.7 Å². The molecule has 3 fully saturated rings. The van der Waals surface area contributed by atoms with E-state index in [0.29, 0.717) is 34.3 Å². The number of nitrogens with one attached hydrogen (secondary N) is 1. The normalized spacial score (nSPS) is 23.4. The summed E-state index contributed by atoms with van der Waals surface area (Å²) >= 11 is 12.6. The number of hydrogen-bond donors (Lipinski definition) is 2. The number of pyridine rings is 1. The van der Waals surface area contributed by atoms with Crippen LogP contribution in [-0.2, 0) is 30.8 Å². The molecule has 4 aromatic carbocycles. The molecule has 9 rings (SSSR count). The fraction of sp³-hybridized carbons (Fsp3) is 0.245. The number of aromatic nitrogens is 1. The Labute approximate surface area is 398 Å². The zero-order valence-corrected chi connectivity index (χ0v) is 37.5. The Bertz CT molecular complexity index is 2980. The van der Waals surface area contributed by atoms with Crippen LogP contribution < -0.4 is 24.5 Å². The monoisotopic (exact) mass is 992 g/mol. The molecule has 2 aliphatic carbocycles. The number of phenolic OH excluding ortho intramolecular Hbond substituents is 1. The molecule has 12 nitrogen and oxygen atoms in total. The summed E-state index contributed by atoms with van der Waals surface area (Å²) in [5.74, 6) is -10.2. The highest BCUT2D eigenvalue weighted by molar-refractivity contribution is 6.33. The van der Waals surface area contributed by atoms with E-state index in [1.165, 1.54) is 38.5 Å². The second-order valence-corrected chi connectivity index (χ2v) is 17.6. The van der Waals surface area contributed by atoms with Crippen molar-refractivity contribution in [1.82, 2.24) is 9.99 Å². The van der Waals surface area contributed by atoms with E-state index in [0.717, 1.165) is 28.7 Å². The number of amides is 4. The molecule has 0 unspecified atom stereocenters. The van der Waals surface area contributed by atoms with Crippen molar-refractivity contribution in [3.05, 3.63) is 147 Å². The minimum Gasteiger partial charge on any atom is -0.508 e. The van der Waals surface area contributed by atoms with Crippen molar-refractivity contribution in [2.75, 3.05) is 24.5 Å². The highest BCUT2D eigenvalue weighted by Crippen LogP contribution is 2.65. The summed E-state index contributed by atoms with van der Waals surface area (Å²) < 4.78 is 97.2. The van der Waals surface area contributed by atoms with Crippen molar-refractivity contribution in [2.24, 2.45) is 23.7 Å². The average molecular weight is 994 g/mol. The molecule has 6 atom stereocenters. The predicted octanol–water partition coefficient (Wildman–Crippen LogP) is 10.4. The molecule has 4 amide bonds. The van der Waals surface area contributed by atoms with Gasteiger partial charge in [0.05, 0.1) is 53.7 Å². The molecule has 20 heteroatoms. The van der Waals surface area contributed by atoms with Gasteiger partial charge in [-0.3, -0.25) is 29.5 Å². The van der Waals surface area contributed by atoms with E-state index in [1.807, 2.05) is 0 Å². The number of phenols is 1. The number of aromatic hydroxyl groups is 1.